The molecular weight excluding hydrogens is 268 g/mol. The van der Waals surface area contributed by atoms with Crippen LogP contribution in [0.15, 0.2) is 34.9 Å². The molecule has 5 heteroatoms. The second-order valence-corrected chi connectivity index (χ2v) is 5.93. The molecule has 0 radical (unpaired) electrons. The number of carboxylic acid groups (broad SMARTS) is 1. The zero-order chi connectivity index (χ0) is 14.9. The quantitative estimate of drug-likeness (QED) is 0.883. The number of aliphatic carboxylic acids is 1. The first-order chi connectivity index (χ1) is 10.1. The van der Waals surface area contributed by atoms with Crippen molar-refractivity contribution >= 4 is 5.97 Å². The summed E-state index contributed by atoms with van der Waals surface area (Å²) in [5.41, 5.74) is -0.329. The fraction of sp³-hybridized carbons (Fsp3) is 0.438. The Bertz CT molecular complexity index is 634. The van der Waals surface area contributed by atoms with E-state index < -0.39 is 11.4 Å². The van der Waals surface area contributed by atoms with Crippen molar-refractivity contribution in [3.63, 3.8) is 0 Å². The van der Waals surface area contributed by atoms with Crippen molar-refractivity contribution < 1.29 is 14.4 Å². The molecule has 1 aromatic heterocycles. The van der Waals surface area contributed by atoms with Crippen molar-refractivity contribution in [3.05, 3.63) is 47.6 Å². The molecule has 1 atom stereocenters. The van der Waals surface area contributed by atoms with Gasteiger partial charge in [-0.15, -0.1) is 0 Å². The topological polar surface area (TPSA) is 76.2 Å². The highest BCUT2D eigenvalue weighted by molar-refractivity contribution is 5.81. The lowest BCUT2D eigenvalue weighted by atomic mass is 9.79. The van der Waals surface area contributed by atoms with Crippen LogP contribution in [0.5, 0.6) is 0 Å². The van der Waals surface area contributed by atoms with E-state index in [0.717, 1.165) is 12.0 Å². The van der Waals surface area contributed by atoms with Gasteiger partial charge in [-0.05, 0) is 31.2 Å². The zero-order valence-corrected chi connectivity index (χ0v) is 12.0. The van der Waals surface area contributed by atoms with Crippen LogP contribution in [0.3, 0.4) is 0 Å². The number of benzene rings is 1. The van der Waals surface area contributed by atoms with Crippen LogP contribution in [0.1, 0.15) is 37.0 Å². The highest BCUT2D eigenvalue weighted by atomic mass is 16.5. The molecule has 0 aliphatic heterocycles. The molecule has 110 valence electrons. The molecule has 5 nitrogen and oxygen atoms in total. The summed E-state index contributed by atoms with van der Waals surface area (Å²) in [6, 6.07) is 9.17. The molecule has 1 fully saturated rings. The minimum atomic E-state index is -1.06. The standard InChI is InChI=1S/C16H18N2O3/c1-16(15(19)20,12-5-3-2-4-6-12)10-14-17-13(18-21-14)9-11-7-8-11/h2-6,11H,7-10H2,1H3,(H,19,20). The normalized spacial score (nSPS) is 17.4. The minimum absolute atomic E-state index is 0.198. The lowest BCUT2D eigenvalue weighted by Gasteiger charge is -2.23. The molecule has 1 aliphatic rings. The summed E-state index contributed by atoms with van der Waals surface area (Å²) in [6.07, 6.45) is 3.48. The first-order valence-electron chi connectivity index (χ1n) is 7.18. The van der Waals surface area contributed by atoms with Crippen molar-refractivity contribution in [1.29, 1.82) is 0 Å². The van der Waals surface area contributed by atoms with E-state index in [1.165, 1.54) is 12.8 Å². The molecule has 0 amide bonds. The molecule has 1 saturated carbocycles. The summed E-state index contributed by atoms with van der Waals surface area (Å²) in [4.78, 5) is 16.1. The van der Waals surface area contributed by atoms with Gasteiger partial charge in [0.05, 0.1) is 5.41 Å². The Morgan fingerprint density at radius 3 is 2.71 bits per heavy atom. The lowest BCUT2D eigenvalue weighted by molar-refractivity contribution is -0.143. The minimum Gasteiger partial charge on any atom is -0.481 e. The van der Waals surface area contributed by atoms with Gasteiger partial charge in [0.1, 0.15) is 0 Å². The van der Waals surface area contributed by atoms with E-state index in [1.54, 1.807) is 6.92 Å². The number of aromatic nitrogens is 2. The summed E-state index contributed by atoms with van der Waals surface area (Å²) < 4.78 is 5.24. The van der Waals surface area contributed by atoms with Crippen molar-refractivity contribution in [2.24, 2.45) is 5.92 Å². The van der Waals surface area contributed by atoms with Gasteiger partial charge in [-0.2, -0.15) is 4.98 Å². The Hall–Kier alpha value is -2.17. The van der Waals surface area contributed by atoms with Crippen LogP contribution in [0, 0.1) is 5.92 Å². The number of nitrogens with zero attached hydrogens (tertiary/aromatic N) is 2. The second kappa shape index (κ2) is 5.31. The maximum atomic E-state index is 11.7. The van der Waals surface area contributed by atoms with E-state index >= 15 is 0 Å². The molecular formula is C16H18N2O3. The van der Waals surface area contributed by atoms with Gasteiger partial charge in [-0.1, -0.05) is 35.5 Å². The SMILES string of the molecule is CC(Cc1nc(CC2CC2)no1)(C(=O)O)c1ccccc1. The van der Waals surface area contributed by atoms with Gasteiger partial charge in [-0.3, -0.25) is 4.79 Å². The summed E-state index contributed by atoms with van der Waals surface area (Å²) in [7, 11) is 0. The van der Waals surface area contributed by atoms with Gasteiger partial charge < -0.3 is 9.63 Å². The first-order valence-corrected chi connectivity index (χ1v) is 7.18. The van der Waals surface area contributed by atoms with Crippen molar-refractivity contribution in [1.82, 2.24) is 10.1 Å². The Morgan fingerprint density at radius 1 is 1.38 bits per heavy atom. The van der Waals surface area contributed by atoms with Crippen LogP contribution in [0.2, 0.25) is 0 Å². The maximum absolute atomic E-state index is 11.7. The highest BCUT2D eigenvalue weighted by Crippen LogP contribution is 2.32. The van der Waals surface area contributed by atoms with Gasteiger partial charge in [-0.25, -0.2) is 0 Å². The molecule has 1 unspecified atom stereocenters. The molecule has 1 heterocycles. The fourth-order valence-corrected chi connectivity index (χ4v) is 2.43. The third-order valence-corrected chi connectivity index (χ3v) is 4.07. The van der Waals surface area contributed by atoms with Crippen molar-refractivity contribution in [2.45, 2.75) is 38.0 Å². The number of hydrogen-bond acceptors (Lipinski definition) is 4. The number of rotatable bonds is 6. The Kier molecular flexibility index (Phi) is 3.49. The van der Waals surface area contributed by atoms with Gasteiger partial charge >= 0.3 is 5.97 Å². The van der Waals surface area contributed by atoms with Crippen LogP contribution < -0.4 is 0 Å². The molecule has 1 aliphatic carbocycles. The first kappa shape index (κ1) is 13.8. The monoisotopic (exact) mass is 286 g/mol. The van der Waals surface area contributed by atoms with E-state index in [4.69, 9.17) is 4.52 Å². The number of carboxylic acids is 1. The molecule has 2 aromatic rings. The van der Waals surface area contributed by atoms with E-state index in [9.17, 15) is 9.90 Å². The number of hydrogen-bond donors (Lipinski definition) is 1. The van der Waals surface area contributed by atoms with Gasteiger partial charge in [0.25, 0.3) is 0 Å². The third-order valence-electron chi connectivity index (χ3n) is 4.07. The predicted molar refractivity (Wildman–Crippen MR) is 75.9 cm³/mol. The molecule has 21 heavy (non-hydrogen) atoms. The average Bonchev–Trinajstić information content (AvgIpc) is 3.18. The predicted octanol–water partition coefficient (Wildman–Crippen LogP) is 2.61. The Labute approximate surface area is 123 Å². The Balaban J connectivity index is 1.81. The average molecular weight is 286 g/mol. The van der Waals surface area contributed by atoms with Crippen molar-refractivity contribution in [2.75, 3.05) is 0 Å². The highest BCUT2D eigenvalue weighted by Gasteiger charge is 2.37. The molecule has 3 rings (SSSR count). The van der Waals surface area contributed by atoms with Crippen LogP contribution in [0.4, 0.5) is 0 Å². The van der Waals surface area contributed by atoms with Gasteiger partial charge in [0, 0.05) is 12.8 Å². The van der Waals surface area contributed by atoms with E-state index in [0.29, 0.717) is 17.6 Å². The smallest absolute Gasteiger partial charge is 0.314 e. The zero-order valence-electron chi connectivity index (χ0n) is 12.0. The van der Waals surface area contributed by atoms with Crippen LogP contribution >= 0.6 is 0 Å². The molecule has 0 spiro atoms. The molecule has 0 bridgehead atoms. The lowest BCUT2D eigenvalue weighted by Crippen LogP contribution is -2.34. The van der Waals surface area contributed by atoms with Gasteiger partial charge in [0.2, 0.25) is 5.89 Å². The second-order valence-electron chi connectivity index (χ2n) is 5.93. The van der Waals surface area contributed by atoms with Crippen LogP contribution in [0.25, 0.3) is 0 Å². The largest absolute Gasteiger partial charge is 0.481 e. The summed E-state index contributed by atoms with van der Waals surface area (Å²) in [5, 5.41) is 13.6. The molecule has 1 N–H and O–H groups in total. The van der Waals surface area contributed by atoms with Crippen LogP contribution in [-0.4, -0.2) is 21.2 Å². The summed E-state index contributed by atoms with van der Waals surface area (Å²) >= 11 is 0. The summed E-state index contributed by atoms with van der Waals surface area (Å²) in [5.74, 6) is 0.860. The van der Waals surface area contributed by atoms with Crippen LogP contribution in [-0.2, 0) is 23.1 Å². The maximum Gasteiger partial charge on any atom is 0.314 e. The van der Waals surface area contributed by atoms with E-state index in [2.05, 4.69) is 10.1 Å². The Morgan fingerprint density at radius 2 is 2.10 bits per heavy atom. The number of carbonyl (C=O) groups is 1. The third kappa shape index (κ3) is 2.96. The molecule has 1 aromatic carbocycles. The molecule has 0 saturated heterocycles. The van der Waals surface area contributed by atoms with E-state index in [-0.39, 0.29) is 6.42 Å². The fourth-order valence-electron chi connectivity index (χ4n) is 2.43. The van der Waals surface area contributed by atoms with E-state index in [1.807, 2.05) is 30.3 Å². The summed E-state index contributed by atoms with van der Waals surface area (Å²) in [6.45, 7) is 1.69. The van der Waals surface area contributed by atoms with Gasteiger partial charge in [0.15, 0.2) is 5.82 Å². The van der Waals surface area contributed by atoms with Crippen molar-refractivity contribution in [3.8, 4) is 0 Å².